The third-order valence-corrected chi connectivity index (χ3v) is 4.80. The predicted octanol–water partition coefficient (Wildman–Crippen LogP) is 2.28. The first-order chi connectivity index (χ1) is 9.79. The van der Waals surface area contributed by atoms with E-state index >= 15 is 0 Å². The SMILES string of the molecule is CCC(C(O)c1ccccc1)N1CCN(C2CC2)CC1. The van der Waals surface area contributed by atoms with Crippen LogP contribution in [-0.4, -0.2) is 53.2 Å². The molecule has 3 rings (SSSR count). The number of piperazine rings is 1. The molecule has 2 atom stereocenters. The molecule has 0 radical (unpaired) electrons. The van der Waals surface area contributed by atoms with E-state index in [1.807, 2.05) is 30.3 Å². The molecule has 0 aromatic heterocycles. The van der Waals surface area contributed by atoms with Crippen molar-refractivity contribution in [3.05, 3.63) is 35.9 Å². The van der Waals surface area contributed by atoms with Crippen LogP contribution in [0.2, 0.25) is 0 Å². The summed E-state index contributed by atoms with van der Waals surface area (Å²) in [4.78, 5) is 5.11. The molecule has 0 spiro atoms. The molecule has 1 heterocycles. The fraction of sp³-hybridized carbons (Fsp3) is 0.647. The second-order valence-electron chi connectivity index (χ2n) is 6.13. The van der Waals surface area contributed by atoms with Gasteiger partial charge in [-0.2, -0.15) is 0 Å². The van der Waals surface area contributed by atoms with E-state index < -0.39 is 0 Å². The highest BCUT2D eigenvalue weighted by molar-refractivity contribution is 5.19. The van der Waals surface area contributed by atoms with Crippen molar-refractivity contribution in [2.75, 3.05) is 26.2 Å². The van der Waals surface area contributed by atoms with Crippen LogP contribution in [0.5, 0.6) is 0 Å². The van der Waals surface area contributed by atoms with E-state index in [1.165, 1.54) is 25.9 Å². The van der Waals surface area contributed by atoms with E-state index in [4.69, 9.17) is 0 Å². The molecule has 1 saturated carbocycles. The van der Waals surface area contributed by atoms with Crippen molar-refractivity contribution in [2.45, 2.75) is 44.4 Å². The van der Waals surface area contributed by atoms with Crippen LogP contribution in [0.15, 0.2) is 30.3 Å². The van der Waals surface area contributed by atoms with Gasteiger partial charge in [0.25, 0.3) is 0 Å². The molecular formula is C17H26N2O. The average molecular weight is 274 g/mol. The topological polar surface area (TPSA) is 26.7 Å². The molecule has 110 valence electrons. The number of benzene rings is 1. The van der Waals surface area contributed by atoms with Gasteiger partial charge in [0, 0.05) is 38.3 Å². The van der Waals surface area contributed by atoms with Gasteiger partial charge in [0.2, 0.25) is 0 Å². The molecule has 20 heavy (non-hydrogen) atoms. The Kier molecular flexibility index (Phi) is 4.39. The minimum Gasteiger partial charge on any atom is -0.387 e. The van der Waals surface area contributed by atoms with Gasteiger partial charge in [-0.25, -0.2) is 0 Å². The highest BCUT2D eigenvalue weighted by atomic mass is 16.3. The molecule has 1 aliphatic heterocycles. The van der Waals surface area contributed by atoms with Gasteiger partial charge in [-0.3, -0.25) is 9.80 Å². The van der Waals surface area contributed by atoms with Crippen molar-refractivity contribution in [3.63, 3.8) is 0 Å². The molecule has 1 aromatic carbocycles. The Hall–Kier alpha value is -0.900. The molecule has 1 saturated heterocycles. The van der Waals surface area contributed by atoms with Crippen molar-refractivity contribution in [2.24, 2.45) is 0 Å². The Balaban J connectivity index is 1.61. The zero-order valence-corrected chi connectivity index (χ0v) is 12.4. The standard InChI is InChI=1S/C17H26N2O/c1-2-16(17(20)14-6-4-3-5-7-14)19-12-10-18(11-13-19)15-8-9-15/h3-7,15-17,20H,2,8-13H2,1H3. The smallest absolute Gasteiger partial charge is 0.0945 e. The predicted molar refractivity (Wildman–Crippen MR) is 81.6 cm³/mol. The van der Waals surface area contributed by atoms with E-state index in [9.17, 15) is 5.11 Å². The Morgan fingerprint density at radius 3 is 2.30 bits per heavy atom. The zero-order chi connectivity index (χ0) is 13.9. The highest BCUT2D eigenvalue weighted by Gasteiger charge is 2.34. The van der Waals surface area contributed by atoms with E-state index in [1.54, 1.807) is 0 Å². The number of aliphatic hydroxyl groups excluding tert-OH is 1. The van der Waals surface area contributed by atoms with Gasteiger partial charge in [0.1, 0.15) is 0 Å². The summed E-state index contributed by atoms with van der Waals surface area (Å²) in [7, 11) is 0. The van der Waals surface area contributed by atoms with Crippen LogP contribution in [0.1, 0.15) is 37.9 Å². The van der Waals surface area contributed by atoms with Gasteiger partial charge >= 0.3 is 0 Å². The number of hydrogen-bond donors (Lipinski definition) is 1. The minimum atomic E-state index is -0.367. The van der Waals surface area contributed by atoms with Crippen LogP contribution >= 0.6 is 0 Å². The lowest BCUT2D eigenvalue weighted by molar-refractivity contribution is 0.0143. The summed E-state index contributed by atoms with van der Waals surface area (Å²) in [5.41, 5.74) is 1.05. The molecule has 3 heteroatoms. The normalized spacial score (nSPS) is 24.5. The molecule has 0 bridgehead atoms. The van der Waals surface area contributed by atoms with E-state index in [2.05, 4.69) is 16.7 Å². The molecule has 2 fully saturated rings. The van der Waals surface area contributed by atoms with Crippen LogP contribution in [0.25, 0.3) is 0 Å². The molecule has 2 unspecified atom stereocenters. The quantitative estimate of drug-likeness (QED) is 0.892. The van der Waals surface area contributed by atoms with Crippen LogP contribution in [-0.2, 0) is 0 Å². The summed E-state index contributed by atoms with van der Waals surface area (Å²) < 4.78 is 0. The third-order valence-electron chi connectivity index (χ3n) is 4.80. The summed E-state index contributed by atoms with van der Waals surface area (Å²) in [6.07, 6.45) is 3.42. The van der Waals surface area contributed by atoms with Crippen molar-refractivity contribution >= 4 is 0 Å². The summed E-state index contributed by atoms with van der Waals surface area (Å²) in [5.74, 6) is 0. The first-order valence-electron chi connectivity index (χ1n) is 8.00. The highest BCUT2D eigenvalue weighted by Crippen LogP contribution is 2.29. The Bertz CT molecular complexity index is 410. The lowest BCUT2D eigenvalue weighted by atomic mass is 9.98. The largest absolute Gasteiger partial charge is 0.387 e. The Morgan fingerprint density at radius 1 is 1.10 bits per heavy atom. The molecule has 1 aromatic rings. The van der Waals surface area contributed by atoms with Crippen LogP contribution < -0.4 is 0 Å². The van der Waals surface area contributed by atoms with Crippen molar-refractivity contribution in [1.29, 1.82) is 0 Å². The van der Waals surface area contributed by atoms with Crippen LogP contribution in [0.4, 0.5) is 0 Å². The maximum absolute atomic E-state index is 10.7. The fourth-order valence-electron chi connectivity index (χ4n) is 3.43. The summed E-state index contributed by atoms with van der Waals surface area (Å²) in [6, 6.07) is 11.2. The Morgan fingerprint density at radius 2 is 1.75 bits per heavy atom. The summed E-state index contributed by atoms with van der Waals surface area (Å²) in [5, 5.41) is 10.7. The first kappa shape index (κ1) is 14.1. The molecule has 0 amide bonds. The maximum Gasteiger partial charge on any atom is 0.0945 e. The number of hydrogen-bond acceptors (Lipinski definition) is 3. The summed E-state index contributed by atoms with van der Waals surface area (Å²) >= 11 is 0. The van der Waals surface area contributed by atoms with Crippen molar-refractivity contribution < 1.29 is 5.11 Å². The molecule has 2 aliphatic rings. The second kappa shape index (κ2) is 6.25. The lowest BCUT2D eigenvalue weighted by Gasteiger charge is -2.41. The number of aliphatic hydroxyl groups is 1. The molecular weight excluding hydrogens is 248 g/mol. The maximum atomic E-state index is 10.7. The summed E-state index contributed by atoms with van der Waals surface area (Å²) in [6.45, 7) is 6.72. The van der Waals surface area contributed by atoms with Crippen molar-refractivity contribution in [3.8, 4) is 0 Å². The number of rotatable bonds is 5. The third kappa shape index (κ3) is 3.05. The molecule has 1 aliphatic carbocycles. The lowest BCUT2D eigenvalue weighted by Crippen LogP contribution is -2.52. The van der Waals surface area contributed by atoms with Gasteiger partial charge in [0.15, 0.2) is 0 Å². The van der Waals surface area contributed by atoms with Crippen molar-refractivity contribution in [1.82, 2.24) is 9.80 Å². The van der Waals surface area contributed by atoms with Gasteiger partial charge in [-0.15, -0.1) is 0 Å². The minimum absolute atomic E-state index is 0.249. The van der Waals surface area contributed by atoms with Gasteiger partial charge < -0.3 is 5.11 Å². The van der Waals surface area contributed by atoms with Gasteiger partial charge in [0.05, 0.1) is 6.10 Å². The monoisotopic (exact) mass is 274 g/mol. The van der Waals surface area contributed by atoms with E-state index in [0.29, 0.717) is 0 Å². The van der Waals surface area contributed by atoms with E-state index in [-0.39, 0.29) is 12.1 Å². The second-order valence-corrected chi connectivity index (χ2v) is 6.13. The fourth-order valence-corrected chi connectivity index (χ4v) is 3.43. The number of nitrogens with zero attached hydrogens (tertiary/aromatic N) is 2. The Labute approximate surface area is 122 Å². The first-order valence-corrected chi connectivity index (χ1v) is 8.00. The zero-order valence-electron chi connectivity index (χ0n) is 12.4. The van der Waals surface area contributed by atoms with Gasteiger partial charge in [-0.1, -0.05) is 37.3 Å². The average Bonchev–Trinajstić information content (AvgIpc) is 3.34. The van der Waals surface area contributed by atoms with E-state index in [0.717, 1.165) is 31.1 Å². The van der Waals surface area contributed by atoms with Crippen LogP contribution in [0.3, 0.4) is 0 Å². The molecule has 1 N–H and O–H groups in total. The van der Waals surface area contributed by atoms with Crippen LogP contribution in [0, 0.1) is 0 Å². The van der Waals surface area contributed by atoms with Gasteiger partial charge in [-0.05, 0) is 24.8 Å². The molecule has 3 nitrogen and oxygen atoms in total.